The summed E-state index contributed by atoms with van der Waals surface area (Å²) >= 11 is 0. The van der Waals surface area contributed by atoms with E-state index in [2.05, 4.69) is 10.3 Å². The van der Waals surface area contributed by atoms with Crippen molar-refractivity contribution in [2.24, 2.45) is 0 Å². The highest BCUT2D eigenvalue weighted by Gasteiger charge is 2.34. The molecule has 0 unspecified atom stereocenters. The molecule has 27 heavy (non-hydrogen) atoms. The number of hydrogen-bond donors (Lipinski definition) is 1. The topological polar surface area (TPSA) is 54.5 Å². The van der Waals surface area contributed by atoms with Gasteiger partial charge in [-0.1, -0.05) is 0 Å². The molecule has 1 saturated heterocycles. The SMILES string of the molecule is CC(C)(C)OC(=O)N1CC[C@@H](Nc2ccc(C(F)(F)F)c3ncccc23)C1. The van der Waals surface area contributed by atoms with Gasteiger partial charge in [-0.25, -0.2) is 4.79 Å². The predicted octanol–water partition coefficient (Wildman–Crippen LogP) is 4.67. The third-order valence-corrected chi connectivity index (χ3v) is 4.27. The molecule has 8 heteroatoms. The van der Waals surface area contributed by atoms with E-state index in [4.69, 9.17) is 4.74 Å². The number of nitrogens with zero attached hydrogens (tertiary/aromatic N) is 2. The van der Waals surface area contributed by atoms with Crippen molar-refractivity contribution in [3.63, 3.8) is 0 Å². The second-order valence-corrected chi connectivity index (χ2v) is 7.61. The highest BCUT2D eigenvalue weighted by Crippen LogP contribution is 2.36. The molecular weight excluding hydrogens is 359 g/mol. The van der Waals surface area contributed by atoms with E-state index >= 15 is 0 Å². The first-order valence-corrected chi connectivity index (χ1v) is 8.74. The molecule has 1 aromatic carbocycles. The van der Waals surface area contributed by atoms with Gasteiger partial charge in [-0.15, -0.1) is 0 Å². The number of halogens is 3. The van der Waals surface area contributed by atoms with Crippen molar-refractivity contribution >= 4 is 22.7 Å². The smallest absolute Gasteiger partial charge is 0.418 e. The number of fused-ring (bicyclic) bond motifs is 1. The number of carbonyl (C=O) groups excluding carboxylic acids is 1. The van der Waals surface area contributed by atoms with E-state index in [0.717, 1.165) is 6.07 Å². The Bertz CT molecular complexity index is 846. The van der Waals surface area contributed by atoms with Gasteiger partial charge in [0.25, 0.3) is 0 Å². The van der Waals surface area contributed by atoms with Crippen LogP contribution in [0.2, 0.25) is 0 Å². The maximum atomic E-state index is 13.2. The maximum absolute atomic E-state index is 13.2. The van der Waals surface area contributed by atoms with Gasteiger partial charge in [0.1, 0.15) is 5.60 Å². The third-order valence-electron chi connectivity index (χ3n) is 4.27. The number of ether oxygens (including phenoxy) is 1. The molecule has 2 aromatic rings. The third kappa shape index (κ3) is 4.43. The highest BCUT2D eigenvalue weighted by molar-refractivity contribution is 5.93. The van der Waals surface area contributed by atoms with Crippen LogP contribution in [0.15, 0.2) is 30.5 Å². The molecule has 2 heterocycles. The van der Waals surface area contributed by atoms with Gasteiger partial charge in [0, 0.05) is 36.4 Å². The molecule has 1 aliphatic rings. The first kappa shape index (κ1) is 19.3. The normalized spacial score (nSPS) is 18.0. The number of benzene rings is 1. The fourth-order valence-electron chi connectivity index (χ4n) is 3.12. The summed E-state index contributed by atoms with van der Waals surface area (Å²) in [5, 5.41) is 3.66. The maximum Gasteiger partial charge on any atom is 0.418 e. The van der Waals surface area contributed by atoms with Crippen molar-refractivity contribution in [3.05, 3.63) is 36.0 Å². The summed E-state index contributed by atoms with van der Waals surface area (Å²) in [6, 6.07) is 5.61. The zero-order valence-corrected chi connectivity index (χ0v) is 15.4. The summed E-state index contributed by atoms with van der Waals surface area (Å²) in [5.41, 5.74) is -0.845. The van der Waals surface area contributed by atoms with Crippen molar-refractivity contribution < 1.29 is 22.7 Å². The molecule has 146 valence electrons. The minimum Gasteiger partial charge on any atom is -0.444 e. The molecule has 3 rings (SSSR count). The van der Waals surface area contributed by atoms with Crippen molar-refractivity contribution in [3.8, 4) is 0 Å². The van der Waals surface area contributed by atoms with Crippen molar-refractivity contribution in [2.75, 3.05) is 18.4 Å². The van der Waals surface area contributed by atoms with E-state index in [1.807, 2.05) is 0 Å². The van der Waals surface area contributed by atoms with Crippen LogP contribution in [-0.4, -0.2) is 40.7 Å². The number of likely N-dealkylation sites (tertiary alicyclic amines) is 1. The average Bonchev–Trinajstić information content (AvgIpc) is 3.01. The number of anilines is 1. The standard InChI is InChI=1S/C19H22F3N3O2/c1-18(2,3)27-17(26)25-10-8-12(11-25)24-15-7-6-14(19(20,21)22)16-13(15)5-4-9-23-16/h4-7,9,12,24H,8,10-11H2,1-3H3/t12-/m1/s1. The molecule has 5 nitrogen and oxygen atoms in total. The van der Waals surface area contributed by atoms with E-state index in [9.17, 15) is 18.0 Å². The number of aromatic nitrogens is 1. The van der Waals surface area contributed by atoms with Gasteiger partial charge in [0.15, 0.2) is 0 Å². The number of carbonyl (C=O) groups is 1. The van der Waals surface area contributed by atoms with Crippen LogP contribution in [-0.2, 0) is 10.9 Å². The second-order valence-electron chi connectivity index (χ2n) is 7.61. The molecule has 1 amide bonds. The number of rotatable bonds is 2. The molecule has 0 bridgehead atoms. The van der Waals surface area contributed by atoms with Crippen LogP contribution >= 0.6 is 0 Å². The molecule has 0 saturated carbocycles. The lowest BCUT2D eigenvalue weighted by atomic mass is 10.1. The first-order chi connectivity index (χ1) is 12.5. The average molecular weight is 381 g/mol. The Labute approximate surface area is 155 Å². The Morgan fingerprint density at radius 1 is 1.26 bits per heavy atom. The molecule has 1 fully saturated rings. The highest BCUT2D eigenvalue weighted by atomic mass is 19.4. The van der Waals surface area contributed by atoms with Gasteiger partial charge in [-0.05, 0) is 51.5 Å². The molecule has 1 aromatic heterocycles. The molecule has 1 aliphatic heterocycles. The monoisotopic (exact) mass is 381 g/mol. The zero-order valence-electron chi connectivity index (χ0n) is 15.4. The molecule has 1 atom stereocenters. The Morgan fingerprint density at radius 3 is 2.67 bits per heavy atom. The predicted molar refractivity (Wildman–Crippen MR) is 96.6 cm³/mol. The van der Waals surface area contributed by atoms with E-state index in [1.54, 1.807) is 37.8 Å². The van der Waals surface area contributed by atoms with Crippen LogP contribution in [0.4, 0.5) is 23.7 Å². The molecule has 0 radical (unpaired) electrons. The van der Waals surface area contributed by atoms with Crippen LogP contribution in [0.3, 0.4) is 0 Å². The quantitative estimate of drug-likeness (QED) is 0.821. The van der Waals surface area contributed by atoms with Crippen molar-refractivity contribution in [1.82, 2.24) is 9.88 Å². The fraction of sp³-hybridized carbons (Fsp3) is 0.474. The lowest BCUT2D eigenvalue weighted by molar-refractivity contribution is -0.136. The molecule has 0 aliphatic carbocycles. The number of amides is 1. The van der Waals surface area contributed by atoms with Crippen molar-refractivity contribution in [2.45, 2.75) is 45.0 Å². The Morgan fingerprint density at radius 2 is 2.00 bits per heavy atom. The van der Waals surface area contributed by atoms with Crippen molar-refractivity contribution in [1.29, 1.82) is 0 Å². The van der Waals surface area contributed by atoms with Crippen LogP contribution in [0.25, 0.3) is 10.9 Å². The molecule has 1 N–H and O–H groups in total. The van der Waals surface area contributed by atoms with Gasteiger partial charge in [0.05, 0.1) is 11.1 Å². The van der Waals surface area contributed by atoms with Crippen LogP contribution in [0.1, 0.15) is 32.8 Å². The van der Waals surface area contributed by atoms with Crippen LogP contribution < -0.4 is 5.32 Å². The summed E-state index contributed by atoms with van der Waals surface area (Å²) in [6.45, 7) is 6.37. The Balaban J connectivity index is 1.78. The largest absolute Gasteiger partial charge is 0.444 e. The summed E-state index contributed by atoms with van der Waals surface area (Å²) in [4.78, 5) is 17.7. The Kier molecular flexibility index (Phi) is 4.92. The van der Waals surface area contributed by atoms with E-state index in [-0.39, 0.29) is 17.7 Å². The van der Waals surface area contributed by atoms with Gasteiger partial charge in [0.2, 0.25) is 0 Å². The van der Waals surface area contributed by atoms with Gasteiger partial charge >= 0.3 is 12.3 Å². The first-order valence-electron chi connectivity index (χ1n) is 8.74. The van der Waals surface area contributed by atoms with Crippen LogP contribution in [0, 0.1) is 0 Å². The zero-order chi connectivity index (χ0) is 19.8. The number of pyridine rings is 1. The van der Waals surface area contributed by atoms with Gasteiger partial charge in [-0.3, -0.25) is 4.98 Å². The minimum atomic E-state index is -4.47. The second kappa shape index (κ2) is 6.90. The van der Waals surface area contributed by atoms with Gasteiger partial charge < -0.3 is 15.0 Å². The molecular formula is C19H22F3N3O2. The minimum absolute atomic E-state index is 0.0716. The Hall–Kier alpha value is -2.51. The summed E-state index contributed by atoms with van der Waals surface area (Å²) in [5.74, 6) is 0. The van der Waals surface area contributed by atoms with Gasteiger partial charge in [-0.2, -0.15) is 13.2 Å². The number of alkyl halides is 3. The lowest BCUT2D eigenvalue weighted by Gasteiger charge is -2.24. The fourth-order valence-corrected chi connectivity index (χ4v) is 3.12. The lowest BCUT2D eigenvalue weighted by Crippen LogP contribution is -2.36. The number of nitrogens with one attached hydrogen (secondary N) is 1. The summed E-state index contributed by atoms with van der Waals surface area (Å²) in [7, 11) is 0. The summed E-state index contributed by atoms with van der Waals surface area (Å²) in [6.07, 6.45) is -2.82. The van der Waals surface area contributed by atoms with E-state index in [0.29, 0.717) is 30.6 Å². The molecule has 0 spiro atoms. The van der Waals surface area contributed by atoms with E-state index < -0.39 is 17.3 Å². The number of hydrogen-bond acceptors (Lipinski definition) is 4. The van der Waals surface area contributed by atoms with Crippen LogP contribution in [0.5, 0.6) is 0 Å². The van der Waals surface area contributed by atoms with E-state index in [1.165, 1.54) is 12.3 Å². The summed E-state index contributed by atoms with van der Waals surface area (Å²) < 4.78 is 45.0.